The van der Waals surface area contributed by atoms with Crippen LogP contribution in [0.2, 0.25) is 18.1 Å². The van der Waals surface area contributed by atoms with Crippen molar-refractivity contribution in [3.05, 3.63) is 51.9 Å². The van der Waals surface area contributed by atoms with Crippen molar-refractivity contribution >= 4 is 19.3 Å². The molecule has 0 spiro atoms. The fraction of sp³-hybridized carbons (Fsp3) is 0.450. The van der Waals surface area contributed by atoms with Gasteiger partial charge in [0.15, 0.2) is 0 Å². The van der Waals surface area contributed by atoms with Gasteiger partial charge in [-0.15, -0.1) is 0 Å². The van der Waals surface area contributed by atoms with Gasteiger partial charge in [0.1, 0.15) is 11.3 Å². The van der Waals surface area contributed by atoms with Crippen LogP contribution in [-0.4, -0.2) is 8.32 Å². The lowest BCUT2D eigenvalue weighted by Gasteiger charge is -2.37. The summed E-state index contributed by atoms with van der Waals surface area (Å²) in [5.41, 5.74) is 2.49. The Morgan fingerprint density at radius 2 is 1.79 bits per heavy atom. The van der Waals surface area contributed by atoms with Gasteiger partial charge in [-0.1, -0.05) is 32.4 Å². The molecule has 0 aliphatic rings. The zero-order chi connectivity index (χ0) is 18.1. The molecule has 130 valence electrons. The third-order valence-corrected chi connectivity index (χ3v) is 9.08. The van der Waals surface area contributed by atoms with Gasteiger partial charge in [-0.05, 0) is 56.6 Å². The van der Waals surface area contributed by atoms with Gasteiger partial charge in [0.25, 0.3) is 0 Å². The van der Waals surface area contributed by atoms with E-state index in [4.69, 9.17) is 8.84 Å². The Morgan fingerprint density at radius 1 is 1.17 bits per heavy atom. The van der Waals surface area contributed by atoms with Crippen molar-refractivity contribution in [2.24, 2.45) is 0 Å². The molecule has 0 fully saturated rings. The van der Waals surface area contributed by atoms with E-state index in [1.165, 1.54) is 11.6 Å². The summed E-state index contributed by atoms with van der Waals surface area (Å²) in [6.45, 7) is 15.2. The van der Waals surface area contributed by atoms with Crippen LogP contribution in [0.15, 0.2) is 45.1 Å². The van der Waals surface area contributed by atoms with Crippen LogP contribution in [0.1, 0.15) is 40.2 Å². The highest BCUT2D eigenvalue weighted by atomic mass is 28.4. The molecule has 1 aromatic heterocycles. The topological polar surface area (TPSA) is 39.4 Å². The second-order valence-electron chi connectivity index (χ2n) is 8.06. The van der Waals surface area contributed by atoms with Gasteiger partial charge >= 0.3 is 5.63 Å². The standard InChI is InChI=1S/C20H28O3Si/c1-14(2)8-11-16-17(23-24(6,7)20(3,4)5)12-9-15-10-13-18(21)22-19(15)16/h8-10,12-13H,11H2,1-7H3. The van der Waals surface area contributed by atoms with Crippen molar-refractivity contribution < 1.29 is 8.84 Å². The minimum Gasteiger partial charge on any atom is -0.543 e. The van der Waals surface area contributed by atoms with Crippen LogP contribution in [0, 0.1) is 0 Å². The smallest absolute Gasteiger partial charge is 0.336 e. The summed E-state index contributed by atoms with van der Waals surface area (Å²) in [4.78, 5) is 11.7. The fourth-order valence-corrected chi connectivity index (χ4v) is 3.24. The summed E-state index contributed by atoms with van der Waals surface area (Å²) >= 11 is 0. The van der Waals surface area contributed by atoms with E-state index in [1.54, 1.807) is 0 Å². The lowest BCUT2D eigenvalue weighted by atomic mass is 10.1. The first-order valence-corrected chi connectivity index (χ1v) is 11.3. The van der Waals surface area contributed by atoms with Crippen molar-refractivity contribution in [2.75, 3.05) is 0 Å². The molecule has 2 aromatic rings. The average molecular weight is 345 g/mol. The molecule has 0 saturated carbocycles. The highest BCUT2D eigenvalue weighted by Gasteiger charge is 2.39. The van der Waals surface area contributed by atoms with Gasteiger partial charge in [0.2, 0.25) is 8.32 Å². The molecule has 0 unspecified atom stereocenters. The summed E-state index contributed by atoms with van der Waals surface area (Å²) in [6.07, 6.45) is 2.83. The van der Waals surface area contributed by atoms with E-state index in [2.05, 4.69) is 53.8 Å². The molecule has 24 heavy (non-hydrogen) atoms. The van der Waals surface area contributed by atoms with E-state index >= 15 is 0 Å². The minimum absolute atomic E-state index is 0.104. The predicted octanol–water partition coefficient (Wildman–Crippen LogP) is 5.69. The van der Waals surface area contributed by atoms with Crippen LogP contribution in [-0.2, 0) is 6.42 Å². The second-order valence-corrected chi connectivity index (χ2v) is 12.8. The summed E-state index contributed by atoms with van der Waals surface area (Å²) in [7, 11) is -1.97. The first-order valence-electron chi connectivity index (χ1n) is 8.39. The first kappa shape index (κ1) is 18.5. The van der Waals surface area contributed by atoms with Crippen LogP contribution >= 0.6 is 0 Å². The monoisotopic (exact) mass is 344 g/mol. The Balaban J connectivity index is 2.62. The number of rotatable bonds is 4. The summed E-state index contributed by atoms with van der Waals surface area (Å²) in [5, 5.41) is 1.03. The van der Waals surface area contributed by atoms with Crippen molar-refractivity contribution in [3.8, 4) is 5.75 Å². The summed E-state index contributed by atoms with van der Waals surface area (Å²) < 4.78 is 12.0. The highest BCUT2D eigenvalue weighted by Crippen LogP contribution is 2.39. The molecule has 2 rings (SSSR count). The van der Waals surface area contributed by atoms with Crippen LogP contribution in [0.4, 0.5) is 0 Å². The molecule has 0 aliphatic heterocycles. The van der Waals surface area contributed by atoms with E-state index in [1.807, 2.05) is 18.2 Å². The van der Waals surface area contributed by atoms with Crippen LogP contribution in [0.3, 0.4) is 0 Å². The molecular weight excluding hydrogens is 316 g/mol. The molecule has 1 aromatic carbocycles. The molecule has 3 nitrogen and oxygen atoms in total. The Labute approximate surface area is 145 Å². The van der Waals surface area contributed by atoms with Gasteiger partial charge in [0.05, 0.1) is 0 Å². The fourth-order valence-electron chi connectivity index (χ4n) is 2.20. The highest BCUT2D eigenvalue weighted by molar-refractivity contribution is 6.74. The van der Waals surface area contributed by atoms with Crippen molar-refractivity contribution in [3.63, 3.8) is 0 Å². The summed E-state index contributed by atoms with van der Waals surface area (Å²) in [6, 6.07) is 7.24. The largest absolute Gasteiger partial charge is 0.543 e. The average Bonchev–Trinajstić information content (AvgIpc) is 2.44. The van der Waals surface area contributed by atoms with Gasteiger partial charge in [-0.2, -0.15) is 0 Å². The maximum atomic E-state index is 11.7. The minimum atomic E-state index is -1.97. The van der Waals surface area contributed by atoms with Crippen LogP contribution in [0.5, 0.6) is 5.75 Å². The first-order chi connectivity index (χ1) is 11.0. The Morgan fingerprint density at radius 3 is 2.38 bits per heavy atom. The van der Waals surface area contributed by atoms with Crippen LogP contribution < -0.4 is 10.1 Å². The van der Waals surface area contributed by atoms with Crippen LogP contribution in [0.25, 0.3) is 11.0 Å². The second kappa shape index (κ2) is 6.59. The number of allylic oxidation sites excluding steroid dienone is 2. The quantitative estimate of drug-likeness (QED) is 0.406. The van der Waals surface area contributed by atoms with E-state index in [0.29, 0.717) is 12.0 Å². The van der Waals surface area contributed by atoms with Gasteiger partial charge in [-0.3, -0.25) is 0 Å². The zero-order valence-electron chi connectivity index (χ0n) is 15.8. The Kier molecular flexibility index (Phi) is 5.09. The number of hydrogen-bond acceptors (Lipinski definition) is 3. The molecule has 0 amide bonds. The maximum absolute atomic E-state index is 11.7. The number of benzene rings is 1. The van der Waals surface area contributed by atoms with Gasteiger partial charge < -0.3 is 8.84 Å². The predicted molar refractivity (Wildman–Crippen MR) is 103 cm³/mol. The maximum Gasteiger partial charge on any atom is 0.336 e. The Hall–Kier alpha value is -1.81. The molecule has 4 heteroatoms. The lowest BCUT2D eigenvalue weighted by Crippen LogP contribution is -2.44. The molecule has 0 bridgehead atoms. The lowest BCUT2D eigenvalue weighted by molar-refractivity contribution is 0.485. The van der Waals surface area contributed by atoms with Crippen molar-refractivity contribution in [1.82, 2.24) is 0 Å². The summed E-state index contributed by atoms with van der Waals surface area (Å²) in [5.74, 6) is 0.834. The molecule has 0 saturated heterocycles. The van der Waals surface area contributed by atoms with E-state index in [-0.39, 0.29) is 10.7 Å². The van der Waals surface area contributed by atoms with Gasteiger partial charge in [-0.25, -0.2) is 4.79 Å². The SMILES string of the molecule is CC(C)=CCc1c(O[Si](C)(C)C(C)(C)C)ccc2ccc(=O)oc12. The molecule has 0 atom stereocenters. The third-order valence-electron chi connectivity index (χ3n) is 4.74. The molecule has 0 aliphatic carbocycles. The number of hydrogen-bond donors (Lipinski definition) is 0. The number of fused-ring (bicyclic) bond motifs is 1. The molecule has 0 radical (unpaired) electrons. The van der Waals surface area contributed by atoms with Crippen molar-refractivity contribution in [2.45, 2.75) is 59.2 Å². The molecule has 1 heterocycles. The van der Waals surface area contributed by atoms with E-state index in [9.17, 15) is 4.79 Å². The molecule has 0 N–H and O–H groups in total. The normalized spacial score (nSPS) is 12.3. The van der Waals surface area contributed by atoms with Crippen molar-refractivity contribution in [1.29, 1.82) is 0 Å². The van der Waals surface area contributed by atoms with E-state index < -0.39 is 8.32 Å². The molecular formula is C20H28O3Si. The zero-order valence-corrected chi connectivity index (χ0v) is 16.8. The Bertz CT molecular complexity index is 819. The van der Waals surface area contributed by atoms with Gasteiger partial charge in [0, 0.05) is 17.0 Å². The third kappa shape index (κ3) is 3.98. The van der Waals surface area contributed by atoms with E-state index in [0.717, 1.165) is 16.7 Å².